The second kappa shape index (κ2) is 10.8. The lowest BCUT2D eigenvalue weighted by atomic mass is 10.1. The SMILES string of the molecule is CCOC(=O)CCC[C@H](NCc1ccccc1)C(=O)OCC. The van der Waals surface area contributed by atoms with Crippen LogP contribution in [0.25, 0.3) is 0 Å². The Morgan fingerprint density at radius 2 is 1.77 bits per heavy atom. The standard InChI is InChI=1S/C17H25NO4/c1-3-21-16(19)12-8-11-15(17(20)22-4-2)18-13-14-9-6-5-7-10-14/h5-7,9-10,15,18H,3-4,8,11-13H2,1-2H3/t15-/m0/s1. The first-order chi connectivity index (χ1) is 10.7. The second-order valence-electron chi connectivity index (χ2n) is 4.87. The topological polar surface area (TPSA) is 64.6 Å². The van der Waals surface area contributed by atoms with E-state index in [0.717, 1.165) is 5.56 Å². The zero-order valence-electron chi connectivity index (χ0n) is 13.3. The Morgan fingerprint density at radius 1 is 1.09 bits per heavy atom. The molecular weight excluding hydrogens is 282 g/mol. The van der Waals surface area contributed by atoms with Crippen LogP contribution >= 0.6 is 0 Å². The van der Waals surface area contributed by atoms with Crippen LogP contribution in [-0.2, 0) is 25.6 Å². The number of esters is 2. The quantitative estimate of drug-likeness (QED) is 0.673. The lowest BCUT2D eigenvalue weighted by molar-refractivity contribution is -0.147. The Morgan fingerprint density at radius 3 is 2.41 bits per heavy atom. The second-order valence-corrected chi connectivity index (χ2v) is 4.87. The van der Waals surface area contributed by atoms with Gasteiger partial charge in [-0.25, -0.2) is 0 Å². The van der Waals surface area contributed by atoms with Crippen LogP contribution in [0.15, 0.2) is 30.3 Å². The zero-order chi connectivity index (χ0) is 16.2. The van der Waals surface area contributed by atoms with Crippen molar-refractivity contribution in [3.63, 3.8) is 0 Å². The largest absolute Gasteiger partial charge is 0.466 e. The highest BCUT2D eigenvalue weighted by atomic mass is 16.5. The number of carbonyl (C=O) groups excluding carboxylic acids is 2. The van der Waals surface area contributed by atoms with Gasteiger partial charge in [0.1, 0.15) is 6.04 Å². The summed E-state index contributed by atoms with van der Waals surface area (Å²) < 4.78 is 9.97. The molecule has 122 valence electrons. The first-order valence-electron chi connectivity index (χ1n) is 7.77. The van der Waals surface area contributed by atoms with Crippen molar-refractivity contribution in [1.29, 1.82) is 0 Å². The van der Waals surface area contributed by atoms with Crippen LogP contribution in [-0.4, -0.2) is 31.2 Å². The maximum Gasteiger partial charge on any atom is 0.323 e. The van der Waals surface area contributed by atoms with Gasteiger partial charge in [0, 0.05) is 13.0 Å². The predicted molar refractivity (Wildman–Crippen MR) is 84.2 cm³/mol. The fraction of sp³-hybridized carbons (Fsp3) is 0.529. The third-order valence-corrected chi connectivity index (χ3v) is 3.15. The Hall–Kier alpha value is -1.88. The number of rotatable bonds is 10. The summed E-state index contributed by atoms with van der Waals surface area (Å²) in [7, 11) is 0. The zero-order valence-corrected chi connectivity index (χ0v) is 13.3. The minimum atomic E-state index is -0.408. The summed E-state index contributed by atoms with van der Waals surface area (Å²) in [5.41, 5.74) is 1.10. The molecule has 1 aromatic carbocycles. The summed E-state index contributed by atoms with van der Waals surface area (Å²) in [6.45, 7) is 4.88. The number of ether oxygens (including phenoxy) is 2. The smallest absolute Gasteiger partial charge is 0.323 e. The average Bonchev–Trinajstić information content (AvgIpc) is 2.52. The predicted octanol–water partition coefficient (Wildman–Crippen LogP) is 2.44. The van der Waals surface area contributed by atoms with Gasteiger partial charge in [-0.05, 0) is 32.3 Å². The van der Waals surface area contributed by atoms with E-state index >= 15 is 0 Å². The molecule has 1 rings (SSSR count). The van der Waals surface area contributed by atoms with Gasteiger partial charge in [-0.15, -0.1) is 0 Å². The summed E-state index contributed by atoms with van der Waals surface area (Å²) in [4.78, 5) is 23.3. The van der Waals surface area contributed by atoms with E-state index in [2.05, 4.69) is 5.32 Å². The lowest BCUT2D eigenvalue weighted by Gasteiger charge is -2.17. The highest BCUT2D eigenvalue weighted by Crippen LogP contribution is 2.07. The Labute approximate surface area is 132 Å². The molecule has 5 heteroatoms. The molecule has 0 aliphatic heterocycles. The van der Waals surface area contributed by atoms with Crippen molar-refractivity contribution in [2.75, 3.05) is 13.2 Å². The average molecular weight is 307 g/mol. The maximum absolute atomic E-state index is 12.0. The van der Waals surface area contributed by atoms with Gasteiger partial charge in [0.2, 0.25) is 0 Å². The highest BCUT2D eigenvalue weighted by Gasteiger charge is 2.19. The number of hydrogen-bond donors (Lipinski definition) is 1. The summed E-state index contributed by atoms with van der Waals surface area (Å²) in [6.07, 6.45) is 1.45. The normalized spacial score (nSPS) is 11.7. The van der Waals surface area contributed by atoms with Crippen molar-refractivity contribution in [2.45, 2.75) is 45.7 Å². The molecule has 1 atom stereocenters. The fourth-order valence-corrected chi connectivity index (χ4v) is 2.07. The van der Waals surface area contributed by atoms with Gasteiger partial charge in [-0.2, -0.15) is 0 Å². The van der Waals surface area contributed by atoms with Gasteiger partial charge in [-0.1, -0.05) is 30.3 Å². The minimum Gasteiger partial charge on any atom is -0.466 e. The summed E-state index contributed by atoms with van der Waals surface area (Å²) in [5, 5.41) is 3.20. The molecule has 0 saturated carbocycles. The first-order valence-corrected chi connectivity index (χ1v) is 7.77. The van der Waals surface area contributed by atoms with Crippen molar-refractivity contribution in [2.24, 2.45) is 0 Å². The molecule has 0 unspecified atom stereocenters. The minimum absolute atomic E-state index is 0.229. The maximum atomic E-state index is 12.0. The summed E-state index contributed by atoms with van der Waals surface area (Å²) >= 11 is 0. The number of nitrogens with one attached hydrogen (secondary N) is 1. The Balaban J connectivity index is 2.45. The molecule has 0 fully saturated rings. The van der Waals surface area contributed by atoms with Crippen molar-refractivity contribution in [3.05, 3.63) is 35.9 Å². The molecular formula is C17H25NO4. The van der Waals surface area contributed by atoms with Crippen LogP contribution in [0, 0.1) is 0 Å². The number of carbonyl (C=O) groups is 2. The van der Waals surface area contributed by atoms with Crippen molar-refractivity contribution in [3.8, 4) is 0 Å². The third-order valence-electron chi connectivity index (χ3n) is 3.15. The molecule has 0 aliphatic rings. The molecule has 0 amide bonds. The number of benzene rings is 1. The van der Waals surface area contributed by atoms with E-state index in [9.17, 15) is 9.59 Å². The third kappa shape index (κ3) is 7.22. The van der Waals surface area contributed by atoms with Crippen LogP contribution < -0.4 is 5.32 Å². The molecule has 0 radical (unpaired) electrons. The van der Waals surface area contributed by atoms with Crippen LogP contribution in [0.1, 0.15) is 38.7 Å². The monoisotopic (exact) mass is 307 g/mol. The van der Waals surface area contributed by atoms with E-state index in [1.807, 2.05) is 30.3 Å². The van der Waals surface area contributed by atoms with Gasteiger partial charge in [0.05, 0.1) is 13.2 Å². The summed E-state index contributed by atoms with van der Waals surface area (Å²) in [6, 6.07) is 9.44. The van der Waals surface area contributed by atoms with Gasteiger partial charge < -0.3 is 14.8 Å². The van der Waals surface area contributed by atoms with E-state index in [1.165, 1.54) is 0 Å². The molecule has 0 heterocycles. The van der Waals surface area contributed by atoms with Crippen LogP contribution in [0.4, 0.5) is 0 Å². The highest BCUT2D eigenvalue weighted by molar-refractivity contribution is 5.76. The van der Waals surface area contributed by atoms with Crippen LogP contribution in [0.5, 0.6) is 0 Å². The lowest BCUT2D eigenvalue weighted by Crippen LogP contribution is -2.37. The van der Waals surface area contributed by atoms with Crippen molar-refractivity contribution < 1.29 is 19.1 Å². The molecule has 0 bridgehead atoms. The van der Waals surface area contributed by atoms with Gasteiger partial charge in [0.25, 0.3) is 0 Å². The van der Waals surface area contributed by atoms with E-state index in [0.29, 0.717) is 39.0 Å². The molecule has 0 aromatic heterocycles. The van der Waals surface area contributed by atoms with E-state index in [-0.39, 0.29) is 11.9 Å². The van der Waals surface area contributed by atoms with E-state index < -0.39 is 6.04 Å². The van der Waals surface area contributed by atoms with E-state index in [4.69, 9.17) is 9.47 Å². The molecule has 1 N–H and O–H groups in total. The Kier molecular flexibility index (Phi) is 8.91. The molecule has 0 spiro atoms. The van der Waals surface area contributed by atoms with E-state index in [1.54, 1.807) is 13.8 Å². The molecule has 0 saturated heterocycles. The number of hydrogen-bond acceptors (Lipinski definition) is 5. The molecule has 22 heavy (non-hydrogen) atoms. The van der Waals surface area contributed by atoms with Crippen LogP contribution in [0.2, 0.25) is 0 Å². The van der Waals surface area contributed by atoms with Crippen molar-refractivity contribution in [1.82, 2.24) is 5.32 Å². The van der Waals surface area contributed by atoms with Crippen LogP contribution in [0.3, 0.4) is 0 Å². The molecule has 0 aliphatic carbocycles. The van der Waals surface area contributed by atoms with Crippen molar-refractivity contribution >= 4 is 11.9 Å². The molecule has 5 nitrogen and oxygen atoms in total. The molecule has 1 aromatic rings. The fourth-order valence-electron chi connectivity index (χ4n) is 2.07. The van der Waals surface area contributed by atoms with Gasteiger partial charge in [-0.3, -0.25) is 9.59 Å². The first kappa shape index (κ1) is 18.2. The summed E-state index contributed by atoms with van der Waals surface area (Å²) in [5.74, 6) is -0.504. The van der Waals surface area contributed by atoms with Gasteiger partial charge in [0.15, 0.2) is 0 Å². The Bertz CT molecular complexity index is 447. The van der Waals surface area contributed by atoms with Gasteiger partial charge >= 0.3 is 11.9 Å².